The highest BCUT2D eigenvalue weighted by Crippen LogP contribution is 2.15. The van der Waals surface area contributed by atoms with E-state index in [-0.39, 0.29) is 24.9 Å². The van der Waals surface area contributed by atoms with Crippen LogP contribution in [-0.2, 0) is 21.4 Å². The van der Waals surface area contributed by atoms with Crippen LogP contribution in [0.1, 0.15) is 0 Å². The van der Waals surface area contributed by atoms with Crippen LogP contribution in [0.3, 0.4) is 0 Å². The van der Waals surface area contributed by atoms with Gasteiger partial charge in [-0.3, -0.25) is 19.3 Å². The molecule has 10 nitrogen and oxygen atoms in total. The molecule has 0 bridgehead atoms. The lowest BCUT2D eigenvalue weighted by molar-refractivity contribution is -0.120. The summed E-state index contributed by atoms with van der Waals surface area (Å²) in [5.41, 5.74) is 0.785. The van der Waals surface area contributed by atoms with Gasteiger partial charge in [-0.05, 0) is 0 Å². The zero-order valence-corrected chi connectivity index (χ0v) is 14.9. The molecule has 0 aliphatic carbocycles. The standard InChI is InChI=1S/C15H25N7O3/c1-16-15(18-9-13(23)17-4-7-25-3)21-5-6-22(14(24)11-21)12-8-19-20(2)10-12/h8,10H,4-7,9,11H2,1-3H3,(H,16,18)(H,17,23). The Morgan fingerprint density at radius 3 is 2.80 bits per heavy atom. The Morgan fingerprint density at radius 2 is 2.20 bits per heavy atom. The number of aryl methyl sites for hydroxylation is 1. The van der Waals surface area contributed by atoms with Gasteiger partial charge in [0.05, 0.1) is 25.0 Å². The van der Waals surface area contributed by atoms with Gasteiger partial charge in [-0.15, -0.1) is 0 Å². The molecule has 0 spiro atoms. The first-order valence-electron chi connectivity index (χ1n) is 8.05. The average Bonchev–Trinajstić information content (AvgIpc) is 3.02. The summed E-state index contributed by atoms with van der Waals surface area (Å²) in [5, 5.41) is 9.80. The van der Waals surface area contributed by atoms with Gasteiger partial charge in [0.15, 0.2) is 5.96 Å². The third kappa shape index (κ3) is 5.18. The highest BCUT2D eigenvalue weighted by atomic mass is 16.5. The number of hydrogen-bond donors (Lipinski definition) is 2. The molecule has 138 valence electrons. The third-order valence-corrected chi connectivity index (χ3v) is 3.77. The summed E-state index contributed by atoms with van der Waals surface area (Å²) in [6, 6.07) is 0. The first-order valence-corrected chi connectivity index (χ1v) is 8.05. The lowest BCUT2D eigenvalue weighted by Gasteiger charge is -2.35. The molecule has 1 aromatic rings. The van der Waals surface area contributed by atoms with Crippen molar-refractivity contribution in [1.29, 1.82) is 0 Å². The van der Waals surface area contributed by atoms with Crippen LogP contribution in [0.15, 0.2) is 17.4 Å². The van der Waals surface area contributed by atoms with Gasteiger partial charge in [0.25, 0.3) is 0 Å². The molecule has 1 aliphatic rings. The minimum Gasteiger partial charge on any atom is -0.383 e. The first kappa shape index (κ1) is 18.7. The van der Waals surface area contributed by atoms with Gasteiger partial charge >= 0.3 is 0 Å². The second-order valence-corrected chi connectivity index (χ2v) is 5.58. The van der Waals surface area contributed by atoms with Gasteiger partial charge in [-0.2, -0.15) is 5.10 Å². The molecule has 2 N–H and O–H groups in total. The van der Waals surface area contributed by atoms with Gasteiger partial charge in [0.2, 0.25) is 11.8 Å². The quantitative estimate of drug-likeness (QED) is 0.364. The van der Waals surface area contributed by atoms with Gasteiger partial charge in [0, 0.05) is 47.0 Å². The molecule has 0 radical (unpaired) electrons. The van der Waals surface area contributed by atoms with Crippen LogP contribution in [0.2, 0.25) is 0 Å². The summed E-state index contributed by atoms with van der Waals surface area (Å²) in [5.74, 6) is 0.339. The van der Waals surface area contributed by atoms with E-state index < -0.39 is 0 Å². The van der Waals surface area contributed by atoms with Crippen molar-refractivity contribution in [2.75, 3.05) is 58.4 Å². The second-order valence-electron chi connectivity index (χ2n) is 5.58. The van der Waals surface area contributed by atoms with Gasteiger partial charge in [-0.1, -0.05) is 0 Å². The number of nitrogens with zero attached hydrogens (tertiary/aromatic N) is 5. The average molecular weight is 351 g/mol. The van der Waals surface area contributed by atoms with Crippen molar-refractivity contribution in [3.63, 3.8) is 0 Å². The van der Waals surface area contributed by atoms with Crippen molar-refractivity contribution in [2.24, 2.45) is 12.0 Å². The summed E-state index contributed by atoms with van der Waals surface area (Å²) < 4.78 is 6.54. The Labute approximate surface area is 146 Å². The summed E-state index contributed by atoms with van der Waals surface area (Å²) in [7, 11) is 5.02. The van der Waals surface area contributed by atoms with Crippen molar-refractivity contribution in [3.05, 3.63) is 12.4 Å². The van der Waals surface area contributed by atoms with Crippen LogP contribution in [0.25, 0.3) is 0 Å². The van der Waals surface area contributed by atoms with E-state index in [0.717, 1.165) is 5.69 Å². The molecule has 2 rings (SSSR count). The minimum absolute atomic E-state index is 0.0354. The molecule has 1 aromatic heterocycles. The number of methoxy groups -OCH3 is 1. The molecule has 0 unspecified atom stereocenters. The molecule has 10 heteroatoms. The van der Waals surface area contributed by atoms with Crippen LogP contribution in [0.4, 0.5) is 5.69 Å². The maximum atomic E-state index is 12.4. The van der Waals surface area contributed by atoms with Gasteiger partial charge < -0.3 is 25.2 Å². The van der Waals surface area contributed by atoms with Crippen molar-refractivity contribution < 1.29 is 14.3 Å². The largest absolute Gasteiger partial charge is 0.383 e. The topological polar surface area (TPSA) is 104 Å². The first-order chi connectivity index (χ1) is 12.0. The lowest BCUT2D eigenvalue weighted by atomic mass is 10.3. The van der Waals surface area contributed by atoms with E-state index in [1.165, 1.54) is 0 Å². The summed E-state index contributed by atoms with van der Waals surface area (Å²) in [6.07, 6.45) is 3.48. The molecule has 2 amide bonds. The number of hydrogen-bond acceptors (Lipinski definition) is 5. The van der Waals surface area contributed by atoms with Crippen LogP contribution < -0.4 is 15.5 Å². The van der Waals surface area contributed by atoms with E-state index >= 15 is 0 Å². The number of aliphatic imine (C=N–C) groups is 1. The van der Waals surface area contributed by atoms with Gasteiger partial charge in [0.1, 0.15) is 6.54 Å². The molecule has 2 heterocycles. The summed E-state index contributed by atoms with van der Waals surface area (Å²) in [6.45, 7) is 2.35. The predicted molar refractivity (Wildman–Crippen MR) is 93.4 cm³/mol. The van der Waals surface area contributed by atoms with E-state index in [1.54, 1.807) is 29.9 Å². The lowest BCUT2D eigenvalue weighted by Crippen LogP contribution is -2.56. The molecule has 1 fully saturated rings. The zero-order valence-electron chi connectivity index (χ0n) is 14.9. The molecular weight excluding hydrogens is 326 g/mol. The number of amides is 2. The van der Waals surface area contributed by atoms with Crippen LogP contribution >= 0.6 is 0 Å². The third-order valence-electron chi connectivity index (χ3n) is 3.77. The SMILES string of the molecule is CN=C(NCC(=O)NCCOC)N1CCN(c2cnn(C)c2)C(=O)C1. The number of piperazine rings is 1. The van der Waals surface area contributed by atoms with E-state index in [1.807, 2.05) is 18.1 Å². The van der Waals surface area contributed by atoms with Crippen molar-refractivity contribution >= 4 is 23.5 Å². The number of rotatable bonds is 6. The number of anilines is 1. The fourth-order valence-electron chi connectivity index (χ4n) is 2.52. The van der Waals surface area contributed by atoms with Crippen LogP contribution in [0.5, 0.6) is 0 Å². The summed E-state index contributed by atoms with van der Waals surface area (Å²) >= 11 is 0. The molecule has 0 aromatic carbocycles. The maximum Gasteiger partial charge on any atom is 0.246 e. The molecule has 1 aliphatic heterocycles. The molecule has 0 saturated carbocycles. The smallest absolute Gasteiger partial charge is 0.246 e. The highest BCUT2D eigenvalue weighted by Gasteiger charge is 2.27. The monoisotopic (exact) mass is 351 g/mol. The normalized spacial score (nSPS) is 15.5. The Morgan fingerprint density at radius 1 is 1.40 bits per heavy atom. The Balaban J connectivity index is 1.84. The second kappa shape index (κ2) is 9.02. The number of carbonyl (C=O) groups excluding carboxylic acids is 2. The Kier molecular flexibility index (Phi) is 6.75. The van der Waals surface area contributed by atoms with Gasteiger partial charge in [-0.25, -0.2) is 0 Å². The summed E-state index contributed by atoms with van der Waals surface area (Å²) in [4.78, 5) is 31.8. The zero-order chi connectivity index (χ0) is 18.2. The maximum absolute atomic E-state index is 12.4. The van der Waals surface area contributed by atoms with Crippen LogP contribution in [-0.4, -0.2) is 85.9 Å². The van der Waals surface area contributed by atoms with E-state index in [0.29, 0.717) is 32.2 Å². The van der Waals surface area contributed by atoms with Crippen molar-refractivity contribution in [2.45, 2.75) is 0 Å². The number of carbonyl (C=O) groups is 2. The van der Waals surface area contributed by atoms with E-state index in [4.69, 9.17) is 4.74 Å². The fourth-order valence-corrected chi connectivity index (χ4v) is 2.52. The number of nitrogens with one attached hydrogen (secondary N) is 2. The molecular formula is C15H25N7O3. The van der Waals surface area contributed by atoms with E-state index in [9.17, 15) is 9.59 Å². The molecule has 0 atom stereocenters. The van der Waals surface area contributed by atoms with Crippen molar-refractivity contribution in [1.82, 2.24) is 25.3 Å². The number of ether oxygens (including phenoxy) is 1. The van der Waals surface area contributed by atoms with Crippen molar-refractivity contribution in [3.8, 4) is 0 Å². The number of guanidine groups is 1. The minimum atomic E-state index is -0.154. The Hall–Kier alpha value is -2.62. The van der Waals surface area contributed by atoms with Crippen LogP contribution in [0, 0.1) is 0 Å². The molecule has 25 heavy (non-hydrogen) atoms. The Bertz CT molecular complexity index is 628. The number of aromatic nitrogens is 2. The molecule has 1 saturated heterocycles. The van der Waals surface area contributed by atoms with E-state index in [2.05, 4.69) is 20.7 Å². The highest BCUT2D eigenvalue weighted by molar-refractivity contribution is 5.98. The predicted octanol–water partition coefficient (Wildman–Crippen LogP) is -1.59. The fraction of sp³-hybridized carbons (Fsp3) is 0.600.